The van der Waals surface area contributed by atoms with Crippen LogP contribution in [-0.4, -0.2) is 78.2 Å². The van der Waals surface area contributed by atoms with Crippen LogP contribution in [-0.2, 0) is 9.59 Å². The van der Waals surface area contributed by atoms with Crippen molar-refractivity contribution in [2.45, 2.75) is 78.7 Å². The molecule has 242 valence electrons. The number of piperidine rings is 1. The third-order valence-electron chi connectivity index (χ3n) is 8.72. The number of hydrogen-bond acceptors (Lipinski definition) is 5. The number of rotatable bonds is 9. The largest absolute Gasteiger partial charge is 0.573 e. The van der Waals surface area contributed by atoms with Crippen LogP contribution in [0.2, 0.25) is 0 Å². The Balaban J connectivity index is 1.60. The molecule has 0 bridgehead atoms. The van der Waals surface area contributed by atoms with Crippen molar-refractivity contribution in [3.05, 3.63) is 59.7 Å². The summed E-state index contributed by atoms with van der Waals surface area (Å²) in [7, 11) is 0. The number of nitrogens with zero attached hydrogens (tertiary/aromatic N) is 3. The van der Waals surface area contributed by atoms with Crippen molar-refractivity contribution in [3.8, 4) is 11.5 Å². The molecule has 2 atom stereocenters. The van der Waals surface area contributed by atoms with Crippen molar-refractivity contribution < 1.29 is 32.2 Å². The maximum atomic E-state index is 13.8. The lowest BCUT2D eigenvalue weighted by molar-refractivity contribution is -0.274. The van der Waals surface area contributed by atoms with E-state index in [1.807, 2.05) is 41.0 Å². The third-order valence-corrected chi connectivity index (χ3v) is 8.72. The van der Waals surface area contributed by atoms with E-state index in [9.17, 15) is 22.8 Å². The van der Waals surface area contributed by atoms with Gasteiger partial charge in [-0.05, 0) is 54.4 Å². The summed E-state index contributed by atoms with van der Waals surface area (Å²) in [6, 6.07) is 13.5. The Labute approximate surface area is 259 Å². The maximum Gasteiger partial charge on any atom is 0.573 e. The Bertz CT molecular complexity index is 1250. The molecule has 0 N–H and O–H groups in total. The van der Waals surface area contributed by atoms with E-state index in [0.29, 0.717) is 45.8 Å². The quantitative estimate of drug-likeness (QED) is 0.315. The second-order valence-corrected chi connectivity index (χ2v) is 13.0. The van der Waals surface area contributed by atoms with Gasteiger partial charge in [-0.15, -0.1) is 13.2 Å². The predicted octanol–water partition coefficient (Wildman–Crippen LogP) is 6.67. The van der Waals surface area contributed by atoms with Crippen molar-refractivity contribution in [1.29, 1.82) is 0 Å². The lowest BCUT2D eigenvalue weighted by Crippen LogP contribution is -2.60. The molecule has 0 saturated carbocycles. The van der Waals surface area contributed by atoms with Crippen molar-refractivity contribution in [2.24, 2.45) is 11.3 Å². The summed E-state index contributed by atoms with van der Waals surface area (Å²) < 4.78 is 48.9. The fourth-order valence-electron chi connectivity index (χ4n) is 6.38. The SMILES string of the molecule is CCCOc1ccccc1C(c1ccc(OC(F)(F)F)cc1)N1CCN(C(=O)CC2CCN(C(C)=O)CC2)[C@@H](C(C)(C)C)C1. The molecule has 4 rings (SSSR count). The Morgan fingerprint density at radius 3 is 2.20 bits per heavy atom. The minimum atomic E-state index is -4.77. The highest BCUT2D eigenvalue weighted by Crippen LogP contribution is 2.39. The number of alkyl halides is 3. The number of likely N-dealkylation sites (tertiary alicyclic amines) is 1. The number of amides is 2. The molecule has 2 aromatic rings. The first-order chi connectivity index (χ1) is 20.8. The molecule has 0 radical (unpaired) electrons. The third kappa shape index (κ3) is 8.67. The zero-order valence-corrected chi connectivity index (χ0v) is 26.5. The standard InChI is InChI=1S/C34H46F3N3O4/c1-6-21-43-29-10-8-7-9-28(29)32(26-11-13-27(14-12-26)44-34(35,36)37)39-19-20-40(30(23-39)33(3,4)5)31(42)22-25-15-17-38(18-16-25)24(2)41/h7-14,25,30,32H,6,15-23H2,1-5H3/t30-,32?/m1/s1. The van der Waals surface area contributed by atoms with Crippen LogP contribution in [0.15, 0.2) is 48.5 Å². The van der Waals surface area contributed by atoms with Crippen molar-refractivity contribution in [1.82, 2.24) is 14.7 Å². The maximum absolute atomic E-state index is 13.8. The first-order valence-corrected chi connectivity index (χ1v) is 15.6. The number of benzene rings is 2. The summed E-state index contributed by atoms with van der Waals surface area (Å²) in [6.07, 6.45) is -1.81. The highest BCUT2D eigenvalue weighted by Gasteiger charge is 2.41. The first-order valence-electron chi connectivity index (χ1n) is 15.6. The van der Waals surface area contributed by atoms with Crippen molar-refractivity contribution >= 4 is 11.8 Å². The fourth-order valence-corrected chi connectivity index (χ4v) is 6.38. The van der Waals surface area contributed by atoms with E-state index in [1.165, 1.54) is 12.1 Å². The molecular weight excluding hydrogens is 571 g/mol. The highest BCUT2D eigenvalue weighted by molar-refractivity contribution is 5.77. The number of hydrogen-bond donors (Lipinski definition) is 0. The number of halogens is 3. The second-order valence-electron chi connectivity index (χ2n) is 13.0. The molecule has 7 nitrogen and oxygen atoms in total. The Hall–Kier alpha value is -3.27. The van der Waals surface area contributed by atoms with Gasteiger partial charge in [-0.2, -0.15) is 0 Å². The van der Waals surface area contributed by atoms with Crippen LogP contribution < -0.4 is 9.47 Å². The number of para-hydroxylation sites is 1. The van der Waals surface area contributed by atoms with Crippen molar-refractivity contribution in [3.63, 3.8) is 0 Å². The number of carbonyl (C=O) groups is 2. The number of carbonyl (C=O) groups excluding carboxylic acids is 2. The molecule has 0 aromatic heterocycles. The summed E-state index contributed by atoms with van der Waals surface area (Å²) in [5.41, 5.74) is 1.52. The molecule has 0 spiro atoms. The van der Waals surface area contributed by atoms with Gasteiger partial charge in [-0.25, -0.2) is 0 Å². The van der Waals surface area contributed by atoms with E-state index in [1.54, 1.807) is 19.1 Å². The molecule has 2 saturated heterocycles. The normalized spacial score (nSPS) is 19.5. The van der Waals surface area contributed by atoms with E-state index in [0.717, 1.165) is 36.1 Å². The Morgan fingerprint density at radius 1 is 0.955 bits per heavy atom. The van der Waals surface area contributed by atoms with Crippen molar-refractivity contribution in [2.75, 3.05) is 39.3 Å². The van der Waals surface area contributed by atoms with Gasteiger partial charge >= 0.3 is 6.36 Å². The van der Waals surface area contributed by atoms with Gasteiger partial charge in [-0.1, -0.05) is 58.0 Å². The van der Waals surface area contributed by atoms with E-state index in [2.05, 4.69) is 30.4 Å². The van der Waals surface area contributed by atoms with Gasteiger partial charge < -0.3 is 19.3 Å². The van der Waals surface area contributed by atoms with Crippen LogP contribution >= 0.6 is 0 Å². The van der Waals surface area contributed by atoms with Crippen LogP contribution in [0.3, 0.4) is 0 Å². The highest BCUT2D eigenvalue weighted by atomic mass is 19.4. The smallest absolute Gasteiger partial charge is 0.493 e. The predicted molar refractivity (Wildman–Crippen MR) is 163 cm³/mol. The molecule has 2 amide bonds. The molecule has 2 heterocycles. The molecule has 0 aliphatic carbocycles. The summed E-state index contributed by atoms with van der Waals surface area (Å²) in [5, 5.41) is 0. The van der Waals surface area contributed by atoms with Gasteiger partial charge in [0.1, 0.15) is 11.5 Å². The zero-order chi connectivity index (χ0) is 32.1. The summed E-state index contributed by atoms with van der Waals surface area (Å²) in [5.74, 6) is 0.940. The zero-order valence-electron chi connectivity index (χ0n) is 26.5. The molecule has 2 aromatic carbocycles. The monoisotopic (exact) mass is 617 g/mol. The van der Waals surface area contributed by atoms with Gasteiger partial charge in [0.05, 0.1) is 12.6 Å². The molecule has 44 heavy (non-hydrogen) atoms. The summed E-state index contributed by atoms with van der Waals surface area (Å²) in [4.78, 5) is 31.7. The van der Waals surface area contributed by atoms with Gasteiger partial charge in [-0.3, -0.25) is 14.5 Å². The minimum absolute atomic E-state index is 0.0810. The molecular formula is C34H46F3N3O4. The van der Waals surface area contributed by atoms with Gasteiger partial charge in [0.2, 0.25) is 11.8 Å². The van der Waals surface area contributed by atoms with Gasteiger partial charge in [0.25, 0.3) is 0 Å². The van der Waals surface area contributed by atoms with Crippen LogP contribution in [0.1, 0.15) is 77.5 Å². The van der Waals surface area contributed by atoms with Crippen LogP contribution in [0, 0.1) is 11.3 Å². The second kappa shape index (κ2) is 14.2. The van der Waals surface area contributed by atoms with Gasteiger partial charge in [0, 0.05) is 57.7 Å². The van der Waals surface area contributed by atoms with Crippen LogP contribution in [0.25, 0.3) is 0 Å². The Morgan fingerprint density at radius 2 is 1.61 bits per heavy atom. The van der Waals surface area contributed by atoms with Crippen LogP contribution in [0.4, 0.5) is 13.2 Å². The fraction of sp³-hybridized carbons (Fsp3) is 0.588. The average molecular weight is 618 g/mol. The van der Waals surface area contributed by atoms with Gasteiger partial charge in [0.15, 0.2) is 0 Å². The van der Waals surface area contributed by atoms with E-state index in [4.69, 9.17) is 4.74 Å². The minimum Gasteiger partial charge on any atom is -0.493 e. The number of piperazine rings is 1. The average Bonchev–Trinajstić information content (AvgIpc) is 2.96. The van der Waals surface area contributed by atoms with Crippen LogP contribution in [0.5, 0.6) is 11.5 Å². The van der Waals surface area contributed by atoms with E-state index >= 15 is 0 Å². The topological polar surface area (TPSA) is 62.3 Å². The molecule has 2 aliphatic rings. The number of ether oxygens (including phenoxy) is 2. The molecule has 2 aliphatic heterocycles. The Kier molecular flexibility index (Phi) is 10.9. The van der Waals surface area contributed by atoms with E-state index < -0.39 is 6.36 Å². The van der Waals surface area contributed by atoms with E-state index in [-0.39, 0.29) is 41.0 Å². The summed E-state index contributed by atoms with van der Waals surface area (Å²) >= 11 is 0. The molecule has 1 unspecified atom stereocenters. The lowest BCUT2D eigenvalue weighted by atomic mass is 9.82. The molecule has 10 heteroatoms. The summed E-state index contributed by atoms with van der Waals surface area (Å²) in [6.45, 7) is 13.7. The molecule has 2 fully saturated rings. The first kappa shape index (κ1) is 33.6. The lowest BCUT2D eigenvalue weighted by Gasteiger charge is -2.50.